The largest absolute Gasteiger partial charge is 0.462 e. The van der Waals surface area contributed by atoms with E-state index >= 15 is 0 Å². The van der Waals surface area contributed by atoms with E-state index in [4.69, 9.17) is 4.42 Å². The van der Waals surface area contributed by atoms with Crippen molar-refractivity contribution in [3.63, 3.8) is 0 Å². The molecule has 0 amide bonds. The molecule has 0 aliphatic heterocycles. The first-order chi connectivity index (χ1) is 5.79. The van der Waals surface area contributed by atoms with Crippen LogP contribution in [0.15, 0.2) is 16.1 Å². The lowest BCUT2D eigenvalue weighted by atomic mass is 9.96. The molecule has 1 aliphatic carbocycles. The number of aryl methyl sites for hydroxylation is 2. The van der Waals surface area contributed by atoms with Gasteiger partial charge in [-0.2, -0.15) is 0 Å². The molecule has 0 spiro atoms. The van der Waals surface area contributed by atoms with Crippen molar-refractivity contribution in [1.29, 1.82) is 0 Å². The fourth-order valence-corrected chi connectivity index (χ4v) is 1.73. The van der Waals surface area contributed by atoms with E-state index < -0.39 is 0 Å². The normalized spacial score (nSPS) is 15.7. The maximum Gasteiger partial charge on any atom is 0.130 e. The predicted molar refractivity (Wildman–Crippen MR) is 50.0 cm³/mol. The quantitative estimate of drug-likeness (QED) is 0.617. The number of fused-ring (bicyclic) bond motifs is 1. The first-order valence-corrected chi connectivity index (χ1v) is 4.58. The van der Waals surface area contributed by atoms with Gasteiger partial charge in [-0.3, -0.25) is 0 Å². The van der Waals surface area contributed by atoms with E-state index in [9.17, 15) is 0 Å². The van der Waals surface area contributed by atoms with Crippen LogP contribution < -0.4 is 0 Å². The van der Waals surface area contributed by atoms with Gasteiger partial charge in [0, 0.05) is 0 Å². The van der Waals surface area contributed by atoms with Crippen molar-refractivity contribution in [3.8, 4) is 0 Å². The minimum absolute atomic E-state index is 1.04. The fourth-order valence-electron chi connectivity index (χ4n) is 1.73. The fraction of sp³-hybridized carbons (Fsp3) is 0.455. The molecule has 0 unspecified atom stereocenters. The van der Waals surface area contributed by atoms with Crippen molar-refractivity contribution in [1.82, 2.24) is 0 Å². The van der Waals surface area contributed by atoms with Gasteiger partial charge in [0.2, 0.25) is 0 Å². The van der Waals surface area contributed by atoms with Crippen molar-refractivity contribution < 1.29 is 4.42 Å². The van der Waals surface area contributed by atoms with E-state index in [2.05, 4.69) is 19.1 Å². The Bertz CT molecular complexity index is 318. The van der Waals surface area contributed by atoms with Crippen molar-refractivity contribution in [2.75, 3.05) is 0 Å². The van der Waals surface area contributed by atoms with Crippen molar-refractivity contribution >= 4 is 6.08 Å². The Kier molecular flexibility index (Phi) is 1.80. The standard InChI is InChI=1S/C11H14O/c1-3-9-4-5-10-6-8(2)12-11(10)7-9/h6-7H,3-5H2,1-2H3. The molecule has 2 rings (SSSR count). The zero-order valence-corrected chi connectivity index (χ0v) is 7.68. The van der Waals surface area contributed by atoms with Gasteiger partial charge >= 0.3 is 0 Å². The van der Waals surface area contributed by atoms with Gasteiger partial charge in [-0.15, -0.1) is 0 Å². The van der Waals surface area contributed by atoms with Crippen LogP contribution in [0.4, 0.5) is 0 Å². The minimum Gasteiger partial charge on any atom is -0.462 e. The number of furan rings is 1. The molecule has 0 fully saturated rings. The van der Waals surface area contributed by atoms with E-state index in [1.54, 1.807) is 0 Å². The second-order valence-corrected chi connectivity index (χ2v) is 3.40. The Balaban J connectivity index is 2.40. The van der Waals surface area contributed by atoms with Crippen LogP contribution in [-0.4, -0.2) is 0 Å². The third kappa shape index (κ3) is 1.20. The molecule has 1 heteroatoms. The van der Waals surface area contributed by atoms with Gasteiger partial charge in [0.15, 0.2) is 0 Å². The van der Waals surface area contributed by atoms with Gasteiger partial charge in [0.1, 0.15) is 11.5 Å². The summed E-state index contributed by atoms with van der Waals surface area (Å²) in [6.45, 7) is 4.21. The third-order valence-corrected chi connectivity index (χ3v) is 2.47. The van der Waals surface area contributed by atoms with E-state index in [0.717, 1.165) is 24.4 Å². The summed E-state index contributed by atoms with van der Waals surface area (Å²) in [5.41, 5.74) is 2.89. The molecule has 1 heterocycles. The molecule has 1 aromatic rings. The summed E-state index contributed by atoms with van der Waals surface area (Å²) in [5, 5.41) is 0. The van der Waals surface area contributed by atoms with Gasteiger partial charge in [-0.1, -0.05) is 12.5 Å². The molecule has 12 heavy (non-hydrogen) atoms. The van der Waals surface area contributed by atoms with Crippen LogP contribution in [0.2, 0.25) is 0 Å². The molecule has 0 saturated heterocycles. The molecule has 0 saturated carbocycles. The lowest BCUT2D eigenvalue weighted by Gasteiger charge is -2.09. The molecule has 1 aromatic heterocycles. The summed E-state index contributed by atoms with van der Waals surface area (Å²) < 4.78 is 5.56. The van der Waals surface area contributed by atoms with Gasteiger partial charge < -0.3 is 4.42 Å². The van der Waals surface area contributed by atoms with Crippen LogP contribution in [0, 0.1) is 6.92 Å². The van der Waals surface area contributed by atoms with Gasteiger partial charge in [-0.25, -0.2) is 0 Å². The second-order valence-electron chi connectivity index (χ2n) is 3.40. The summed E-state index contributed by atoms with van der Waals surface area (Å²) in [7, 11) is 0. The number of rotatable bonds is 1. The van der Waals surface area contributed by atoms with Crippen LogP contribution >= 0.6 is 0 Å². The van der Waals surface area contributed by atoms with E-state index in [1.165, 1.54) is 17.6 Å². The minimum atomic E-state index is 1.04. The third-order valence-electron chi connectivity index (χ3n) is 2.47. The molecule has 64 valence electrons. The highest BCUT2D eigenvalue weighted by Crippen LogP contribution is 2.27. The number of allylic oxidation sites excluding steroid dienone is 1. The van der Waals surface area contributed by atoms with Crippen LogP contribution in [0.5, 0.6) is 0 Å². The number of hydrogen-bond donors (Lipinski definition) is 0. The molecular formula is C11H14O. The predicted octanol–water partition coefficient (Wildman–Crippen LogP) is 3.33. The highest BCUT2D eigenvalue weighted by molar-refractivity contribution is 5.54. The lowest BCUT2D eigenvalue weighted by Crippen LogP contribution is -1.94. The van der Waals surface area contributed by atoms with Crippen LogP contribution in [-0.2, 0) is 6.42 Å². The van der Waals surface area contributed by atoms with E-state index in [-0.39, 0.29) is 0 Å². The van der Waals surface area contributed by atoms with E-state index in [1.807, 2.05) is 6.92 Å². The zero-order valence-electron chi connectivity index (χ0n) is 7.68. The SMILES string of the molecule is CCC1=Cc2oc(C)cc2CC1. The Morgan fingerprint density at radius 3 is 3.00 bits per heavy atom. The zero-order chi connectivity index (χ0) is 8.55. The highest BCUT2D eigenvalue weighted by atomic mass is 16.3. The summed E-state index contributed by atoms with van der Waals surface area (Å²) in [6, 6.07) is 2.15. The van der Waals surface area contributed by atoms with Gasteiger partial charge in [-0.05, 0) is 43.9 Å². The molecular weight excluding hydrogens is 148 g/mol. The molecule has 0 N–H and O–H groups in total. The molecule has 1 nitrogen and oxygen atoms in total. The van der Waals surface area contributed by atoms with Crippen LogP contribution in [0.1, 0.15) is 36.8 Å². The Labute approximate surface area is 73.1 Å². The molecule has 0 atom stereocenters. The van der Waals surface area contributed by atoms with Crippen molar-refractivity contribution in [3.05, 3.63) is 28.7 Å². The Morgan fingerprint density at radius 2 is 2.25 bits per heavy atom. The molecule has 0 aromatic carbocycles. The maximum atomic E-state index is 5.56. The molecule has 0 bridgehead atoms. The molecule has 0 radical (unpaired) electrons. The summed E-state index contributed by atoms with van der Waals surface area (Å²) in [6.07, 6.45) is 5.72. The van der Waals surface area contributed by atoms with Gasteiger partial charge in [0.05, 0.1) is 0 Å². The topological polar surface area (TPSA) is 13.1 Å². The average molecular weight is 162 g/mol. The monoisotopic (exact) mass is 162 g/mol. The first-order valence-electron chi connectivity index (χ1n) is 4.58. The smallest absolute Gasteiger partial charge is 0.130 e. The van der Waals surface area contributed by atoms with Crippen molar-refractivity contribution in [2.45, 2.75) is 33.1 Å². The van der Waals surface area contributed by atoms with E-state index in [0.29, 0.717) is 0 Å². The summed E-state index contributed by atoms with van der Waals surface area (Å²) >= 11 is 0. The first kappa shape index (κ1) is 7.66. The average Bonchev–Trinajstić information content (AvgIpc) is 2.43. The van der Waals surface area contributed by atoms with Gasteiger partial charge in [0.25, 0.3) is 0 Å². The van der Waals surface area contributed by atoms with Crippen molar-refractivity contribution in [2.24, 2.45) is 0 Å². The second kappa shape index (κ2) is 2.81. The highest BCUT2D eigenvalue weighted by Gasteiger charge is 2.12. The summed E-state index contributed by atoms with van der Waals surface area (Å²) in [5.74, 6) is 2.13. The molecule has 1 aliphatic rings. The van der Waals surface area contributed by atoms with Crippen LogP contribution in [0.25, 0.3) is 6.08 Å². The summed E-state index contributed by atoms with van der Waals surface area (Å²) in [4.78, 5) is 0. The Hall–Kier alpha value is -0.980. The Morgan fingerprint density at radius 1 is 1.42 bits per heavy atom. The van der Waals surface area contributed by atoms with Crippen LogP contribution in [0.3, 0.4) is 0 Å². The maximum absolute atomic E-state index is 5.56. The lowest BCUT2D eigenvalue weighted by molar-refractivity contribution is 0.519. The number of hydrogen-bond acceptors (Lipinski definition) is 1.